The molecule has 2 heterocycles. The Morgan fingerprint density at radius 3 is 2.76 bits per heavy atom. The van der Waals surface area contributed by atoms with E-state index >= 15 is 0 Å². The summed E-state index contributed by atoms with van der Waals surface area (Å²) in [4.78, 5) is 24.6. The number of carbonyl (C=O) groups is 1. The van der Waals surface area contributed by atoms with E-state index in [2.05, 4.69) is 46.1 Å². The number of ether oxygens (including phenoxy) is 1. The minimum absolute atomic E-state index is 0.00694. The third kappa shape index (κ3) is 5.20. The van der Waals surface area contributed by atoms with Gasteiger partial charge in [-0.25, -0.2) is 9.97 Å². The van der Waals surface area contributed by atoms with Gasteiger partial charge in [-0.2, -0.15) is 0 Å². The number of carbonyl (C=O) groups excluding carboxylic acids is 1. The van der Waals surface area contributed by atoms with E-state index in [4.69, 9.17) is 16.3 Å². The number of esters is 1. The molecule has 3 aliphatic rings. The van der Waals surface area contributed by atoms with Gasteiger partial charge in [0.15, 0.2) is 0 Å². The Bertz CT molecular complexity index is 888. The summed E-state index contributed by atoms with van der Waals surface area (Å²) in [5.74, 6) is 1.38. The van der Waals surface area contributed by atoms with Gasteiger partial charge in [-0.05, 0) is 60.8 Å². The molecule has 8 heteroatoms. The van der Waals surface area contributed by atoms with E-state index in [-0.39, 0.29) is 23.1 Å². The topological polar surface area (TPSA) is 78.8 Å². The van der Waals surface area contributed by atoms with Crippen molar-refractivity contribution in [2.24, 2.45) is 23.7 Å². The second-order valence-electron chi connectivity index (χ2n) is 9.99. The van der Waals surface area contributed by atoms with Crippen molar-refractivity contribution in [2.45, 2.75) is 52.2 Å². The van der Waals surface area contributed by atoms with E-state index in [9.17, 15) is 9.90 Å². The van der Waals surface area contributed by atoms with Gasteiger partial charge in [0.05, 0.1) is 12.0 Å². The van der Waals surface area contributed by atoms with E-state index < -0.39 is 11.7 Å². The average Bonchev–Trinajstić information content (AvgIpc) is 2.76. The van der Waals surface area contributed by atoms with Crippen LogP contribution in [0.2, 0.25) is 5.28 Å². The predicted molar refractivity (Wildman–Crippen MR) is 128 cm³/mol. The molecule has 1 saturated heterocycles. The summed E-state index contributed by atoms with van der Waals surface area (Å²) in [6.07, 6.45) is 8.59. The van der Waals surface area contributed by atoms with Crippen molar-refractivity contribution in [1.82, 2.24) is 14.9 Å². The van der Waals surface area contributed by atoms with Crippen LogP contribution in [0.25, 0.3) is 0 Å². The van der Waals surface area contributed by atoms with Crippen LogP contribution in [0, 0.1) is 30.1 Å². The quantitative estimate of drug-likeness (QED) is 0.398. The summed E-state index contributed by atoms with van der Waals surface area (Å²) in [6.45, 7) is 12.5. The normalized spacial score (nSPS) is 33.8. The van der Waals surface area contributed by atoms with Crippen molar-refractivity contribution in [2.75, 3.05) is 37.6 Å². The first kappa shape index (κ1) is 24.4. The van der Waals surface area contributed by atoms with Crippen molar-refractivity contribution >= 4 is 23.4 Å². The predicted octanol–water partition coefficient (Wildman–Crippen LogP) is 3.25. The third-order valence-corrected chi connectivity index (χ3v) is 7.92. The number of hydrogen-bond donors (Lipinski definition) is 1. The van der Waals surface area contributed by atoms with Crippen LogP contribution in [0.5, 0.6) is 0 Å². The third-order valence-electron chi connectivity index (χ3n) is 7.74. The molecule has 0 spiro atoms. The molecule has 180 valence electrons. The lowest BCUT2D eigenvalue weighted by Gasteiger charge is -2.53. The molecule has 6 atom stereocenters. The number of fused-ring (bicyclic) bond motifs is 1. The number of nitrogens with zero attached hydrogens (tertiary/aromatic N) is 4. The van der Waals surface area contributed by atoms with Crippen molar-refractivity contribution in [3.05, 3.63) is 35.6 Å². The van der Waals surface area contributed by atoms with Gasteiger partial charge in [0.1, 0.15) is 11.9 Å². The minimum Gasteiger partial charge on any atom is -0.457 e. The maximum atomic E-state index is 11.7. The van der Waals surface area contributed by atoms with Crippen molar-refractivity contribution in [3.8, 4) is 0 Å². The zero-order chi connectivity index (χ0) is 23.8. The molecule has 2 aliphatic carbocycles. The molecule has 1 aromatic heterocycles. The van der Waals surface area contributed by atoms with Crippen molar-refractivity contribution in [1.29, 1.82) is 0 Å². The van der Waals surface area contributed by atoms with Gasteiger partial charge in [0.2, 0.25) is 5.28 Å². The number of hydrogen-bond acceptors (Lipinski definition) is 7. The lowest BCUT2D eigenvalue weighted by molar-refractivity contribution is -0.148. The number of rotatable bonds is 5. The van der Waals surface area contributed by atoms with E-state index in [0.29, 0.717) is 11.8 Å². The first-order chi connectivity index (χ1) is 15.7. The molecule has 1 saturated carbocycles. The van der Waals surface area contributed by atoms with Crippen LogP contribution in [0.15, 0.2) is 23.9 Å². The monoisotopic (exact) mass is 474 g/mol. The highest BCUT2D eigenvalue weighted by Gasteiger charge is 2.53. The molecule has 1 aromatic rings. The number of anilines is 1. The van der Waals surface area contributed by atoms with Crippen molar-refractivity contribution in [3.63, 3.8) is 0 Å². The van der Waals surface area contributed by atoms with Gasteiger partial charge in [-0.15, -0.1) is 0 Å². The molecule has 2 radical (unpaired) electrons. The van der Waals surface area contributed by atoms with Crippen LogP contribution in [0.4, 0.5) is 5.82 Å². The number of halogens is 1. The molecular weight excluding hydrogens is 440 g/mol. The summed E-state index contributed by atoms with van der Waals surface area (Å²) in [6, 6.07) is 1.90. The molecule has 4 rings (SSSR count). The lowest BCUT2D eigenvalue weighted by Crippen LogP contribution is -2.57. The first-order valence-corrected chi connectivity index (χ1v) is 12.4. The molecule has 0 amide bonds. The molecule has 0 unspecified atom stereocenters. The Morgan fingerprint density at radius 2 is 2.09 bits per heavy atom. The smallest absolute Gasteiger partial charge is 0.303 e. The first-order valence-electron chi connectivity index (χ1n) is 12.0. The highest BCUT2D eigenvalue weighted by molar-refractivity contribution is 6.28. The van der Waals surface area contributed by atoms with Crippen LogP contribution >= 0.6 is 11.6 Å². The summed E-state index contributed by atoms with van der Waals surface area (Å²) in [5.41, 5.74) is -0.106. The van der Waals surface area contributed by atoms with E-state index in [1.54, 1.807) is 6.20 Å². The van der Waals surface area contributed by atoms with Crippen LogP contribution in [-0.2, 0) is 9.53 Å². The molecule has 0 bridgehead atoms. The van der Waals surface area contributed by atoms with Crippen molar-refractivity contribution < 1.29 is 14.6 Å². The van der Waals surface area contributed by atoms with Gasteiger partial charge in [0.25, 0.3) is 0 Å². The SMILES string of the molecule is CC(=O)O[C@@H]1[C][C@@]2(O)[C@H](C)CC[C@@H]([C@H](C)CN3CCN(c4ccnc(Cl)n4)CC3)[C@H]2C=C1C. The highest BCUT2D eigenvalue weighted by atomic mass is 35.5. The molecule has 0 aromatic carbocycles. The largest absolute Gasteiger partial charge is 0.457 e. The van der Waals surface area contributed by atoms with Crippen LogP contribution < -0.4 is 4.90 Å². The summed E-state index contributed by atoms with van der Waals surface area (Å²) in [5, 5.41) is 12.0. The number of piperazine rings is 1. The summed E-state index contributed by atoms with van der Waals surface area (Å²) < 4.78 is 5.43. The summed E-state index contributed by atoms with van der Waals surface area (Å²) in [7, 11) is 0. The van der Waals surface area contributed by atoms with Gasteiger partial charge in [-0.3, -0.25) is 9.69 Å². The maximum absolute atomic E-state index is 11.7. The molecule has 1 N–H and O–H groups in total. The van der Waals surface area contributed by atoms with Gasteiger partial charge >= 0.3 is 5.97 Å². The Labute approximate surface area is 202 Å². The zero-order valence-electron chi connectivity index (χ0n) is 20.0. The fourth-order valence-electron chi connectivity index (χ4n) is 5.81. The van der Waals surface area contributed by atoms with Crippen LogP contribution in [-0.4, -0.2) is 70.4 Å². The number of aromatic nitrogens is 2. The lowest BCUT2D eigenvalue weighted by atomic mass is 9.57. The average molecular weight is 475 g/mol. The second-order valence-corrected chi connectivity index (χ2v) is 10.3. The fourth-order valence-corrected chi connectivity index (χ4v) is 5.95. The molecular formula is C25H35ClN4O3. The Morgan fingerprint density at radius 1 is 1.36 bits per heavy atom. The van der Waals surface area contributed by atoms with Gasteiger partial charge in [0, 0.05) is 51.8 Å². The molecule has 33 heavy (non-hydrogen) atoms. The van der Waals surface area contributed by atoms with Gasteiger partial charge < -0.3 is 14.7 Å². The molecule has 7 nitrogen and oxygen atoms in total. The van der Waals surface area contributed by atoms with Crippen LogP contribution in [0.1, 0.15) is 40.5 Å². The minimum atomic E-state index is -1.07. The Hall–Kier alpha value is -1.70. The Kier molecular flexibility index (Phi) is 7.32. The number of aliphatic hydroxyl groups is 1. The van der Waals surface area contributed by atoms with E-state index in [1.165, 1.54) is 6.92 Å². The molecule has 1 aliphatic heterocycles. The Balaban J connectivity index is 1.40. The second kappa shape index (κ2) is 9.88. The standard InChI is InChI=1S/C25H35ClN4O3/c1-16-13-21-20(6-5-18(3)25(21,32)14-22(16)33-19(4)31)17(2)15-29-9-11-30(12-10-29)23-7-8-27-24(26)28-23/h7-8,13,17-18,20-22,32H,5-6,9-12,15H2,1-4H3/t17-,18-,20+,21-,22-,25-/m1/s1. The van der Waals surface area contributed by atoms with E-state index in [1.807, 2.05) is 13.0 Å². The summed E-state index contributed by atoms with van der Waals surface area (Å²) >= 11 is 5.95. The van der Waals surface area contributed by atoms with Crippen LogP contribution in [0.3, 0.4) is 0 Å². The van der Waals surface area contributed by atoms with Gasteiger partial charge in [-0.1, -0.05) is 19.9 Å². The molecule has 2 fully saturated rings. The zero-order valence-corrected chi connectivity index (χ0v) is 20.8. The fraction of sp³-hybridized carbons (Fsp3) is 0.680. The highest BCUT2D eigenvalue weighted by Crippen LogP contribution is 2.50. The maximum Gasteiger partial charge on any atom is 0.303 e. The van der Waals surface area contributed by atoms with E-state index in [0.717, 1.165) is 57.0 Å².